The molecule has 106 valence electrons. The van der Waals surface area contributed by atoms with E-state index in [0.29, 0.717) is 13.0 Å². The molecule has 7 heteroatoms. The van der Waals surface area contributed by atoms with Crippen LogP contribution in [0.3, 0.4) is 0 Å². The Hall–Kier alpha value is -0.980. The molecule has 18 heavy (non-hydrogen) atoms. The zero-order valence-electron chi connectivity index (χ0n) is 10.8. The van der Waals surface area contributed by atoms with E-state index in [1.165, 1.54) is 20.8 Å². The van der Waals surface area contributed by atoms with Crippen molar-refractivity contribution >= 4 is 6.09 Å². The molecule has 1 aliphatic heterocycles. The molecule has 4 nitrogen and oxygen atoms in total. The van der Waals surface area contributed by atoms with Crippen molar-refractivity contribution in [1.29, 1.82) is 0 Å². The van der Waals surface area contributed by atoms with Crippen LogP contribution in [0.2, 0.25) is 0 Å². The van der Waals surface area contributed by atoms with Gasteiger partial charge in [-0.05, 0) is 40.2 Å². The van der Waals surface area contributed by atoms with Gasteiger partial charge in [0, 0.05) is 12.6 Å². The smallest absolute Gasteiger partial charge is 0.444 e. The van der Waals surface area contributed by atoms with Gasteiger partial charge < -0.3 is 10.1 Å². The molecule has 0 bridgehead atoms. The molecule has 0 radical (unpaired) electrons. The van der Waals surface area contributed by atoms with Crippen LogP contribution in [0.1, 0.15) is 33.6 Å². The number of hydrogen-bond acceptors (Lipinski definition) is 3. The number of hydrogen-bond donors (Lipinski definition) is 1. The third-order valence-electron chi connectivity index (χ3n) is 2.49. The highest BCUT2D eigenvalue weighted by molar-refractivity contribution is 5.68. The summed E-state index contributed by atoms with van der Waals surface area (Å²) in [6, 6.07) is -0.320. The van der Waals surface area contributed by atoms with Crippen LogP contribution in [0.4, 0.5) is 18.0 Å². The lowest BCUT2D eigenvalue weighted by Crippen LogP contribution is -2.50. The van der Waals surface area contributed by atoms with Crippen molar-refractivity contribution in [1.82, 2.24) is 10.2 Å². The van der Waals surface area contributed by atoms with E-state index in [1.54, 1.807) is 0 Å². The molecule has 0 aliphatic carbocycles. The number of carbonyl (C=O) groups is 1. The van der Waals surface area contributed by atoms with Crippen LogP contribution in [-0.2, 0) is 4.74 Å². The molecule has 1 rings (SSSR count). The van der Waals surface area contributed by atoms with Crippen molar-refractivity contribution in [2.24, 2.45) is 0 Å². The molecule has 1 amide bonds. The lowest BCUT2D eigenvalue weighted by molar-refractivity contribution is -0.234. The summed E-state index contributed by atoms with van der Waals surface area (Å²) in [6.07, 6.45) is -4.60. The van der Waals surface area contributed by atoms with Crippen molar-refractivity contribution in [2.75, 3.05) is 13.1 Å². The number of nitrogens with zero attached hydrogens (tertiary/aromatic N) is 1. The number of rotatable bonds is 2. The van der Waals surface area contributed by atoms with Gasteiger partial charge in [0.1, 0.15) is 5.60 Å². The molecule has 0 saturated carbocycles. The van der Waals surface area contributed by atoms with Gasteiger partial charge in [-0.2, -0.15) is 0 Å². The molecule has 1 aliphatic rings. The zero-order valence-corrected chi connectivity index (χ0v) is 10.8. The molecule has 1 heterocycles. The topological polar surface area (TPSA) is 41.6 Å². The highest BCUT2D eigenvalue weighted by atomic mass is 19.4. The molecule has 0 aromatic carbocycles. The Bertz CT molecular complexity index is 294. The highest BCUT2D eigenvalue weighted by Crippen LogP contribution is 2.25. The van der Waals surface area contributed by atoms with Gasteiger partial charge in [-0.3, -0.25) is 0 Å². The van der Waals surface area contributed by atoms with Crippen molar-refractivity contribution in [2.45, 2.75) is 51.6 Å². The standard InChI is InChI=1S/C11H19F3N2O2/c1-10(2,3)18-9(17)16(11(12,13)14)7-8-5-4-6-15-8/h8,15H,4-7H2,1-3H3/t8-/m1/s1. The van der Waals surface area contributed by atoms with Crippen molar-refractivity contribution < 1.29 is 22.7 Å². The second-order valence-corrected chi connectivity index (χ2v) is 5.35. The fraction of sp³-hybridized carbons (Fsp3) is 0.909. The highest BCUT2D eigenvalue weighted by Gasteiger charge is 2.44. The van der Waals surface area contributed by atoms with Gasteiger partial charge in [-0.15, -0.1) is 13.2 Å². The molecule has 0 spiro atoms. The second kappa shape index (κ2) is 5.34. The summed E-state index contributed by atoms with van der Waals surface area (Å²) in [7, 11) is 0. The van der Waals surface area contributed by atoms with Crippen molar-refractivity contribution in [3.05, 3.63) is 0 Å². The van der Waals surface area contributed by atoms with E-state index in [0.717, 1.165) is 6.42 Å². The van der Waals surface area contributed by atoms with Gasteiger partial charge in [-0.25, -0.2) is 9.69 Å². The number of alkyl halides is 3. The average Bonchev–Trinajstić information content (AvgIpc) is 2.61. The van der Waals surface area contributed by atoms with E-state index in [1.807, 2.05) is 0 Å². The quantitative estimate of drug-likeness (QED) is 0.782. The average molecular weight is 268 g/mol. The fourth-order valence-electron chi connectivity index (χ4n) is 1.73. The van der Waals surface area contributed by atoms with Crippen LogP contribution in [-0.4, -0.2) is 42.0 Å². The van der Waals surface area contributed by atoms with Crippen LogP contribution in [0.5, 0.6) is 0 Å². The summed E-state index contributed by atoms with van der Waals surface area (Å²) in [6.45, 7) is 4.89. The number of amides is 1. The Balaban J connectivity index is 2.68. The number of halogens is 3. The number of carbonyl (C=O) groups excluding carboxylic acids is 1. The summed E-state index contributed by atoms with van der Waals surface area (Å²) in [5.41, 5.74) is -0.941. The van der Waals surface area contributed by atoms with Crippen LogP contribution < -0.4 is 5.32 Å². The Morgan fingerprint density at radius 3 is 2.39 bits per heavy atom. The predicted octanol–water partition coefficient (Wildman–Crippen LogP) is 2.50. The van der Waals surface area contributed by atoms with E-state index in [2.05, 4.69) is 5.32 Å². The van der Waals surface area contributed by atoms with E-state index < -0.39 is 24.5 Å². The van der Waals surface area contributed by atoms with Gasteiger partial charge >= 0.3 is 12.4 Å². The van der Waals surface area contributed by atoms with Gasteiger partial charge in [0.05, 0.1) is 0 Å². The maximum absolute atomic E-state index is 12.8. The van der Waals surface area contributed by atoms with Gasteiger partial charge in [0.15, 0.2) is 0 Å². The molecule has 1 N–H and O–H groups in total. The maximum atomic E-state index is 12.8. The molecule has 1 atom stereocenters. The number of ether oxygens (including phenoxy) is 1. The van der Waals surface area contributed by atoms with Crippen molar-refractivity contribution in [3.8, 4) is 0 Å². The van der Waals surface area contributed by atoms with E-state index >= 15 is 0 Å². The minimum atomic E-state index is -4.72. The first kappa shape index (κ1) is 15.1. The van der Waals surface area contributed by atoms with Gasteiger partial charge in [0.25, 0.3) is 0 Å². The first-order valence-electron chi connectivity index (χ1n) is 5.90. The molecule has 1 fully saturated rings. The first-order chi connectivity index (χ1) is 8.09. The van der Waals surface area contributed by atoms with Crippen molar-refractivity contribution in [3.63, 3.8) is 0 Å². The van der Waals surface area contributed by atoms with Crippen LogP contribution in [0.25, 0.3) is 0 Å². The van der Waals surface area contributed by atoms with Gasteiger partial charge in [0.2, 0.25) is 0 Å². The lowest BCUT2D eigenvalue weighted by Gasteiger charge is -2.30. The normalized spacial score (nSPS) is 20.9. The van der Waals surface area contributed by atoms with E-state index in [-0.39, 0.29) is 10.9 Å². The maximum Gasteiger partial charge on any atom is 0.489 e. The predicted molar refractivity (Wildman–Crippen MR) is 60.0 cm³/mol. The molecular weight excluding hydrogens is 249 g/mol. The fourth-order valence-corrected chi connectivity index (χ4v) is 1.73. The Kier molecular flexibility index (Phi) is 4.47. The minimum absolute atomic E-state index is 0.165. The summed E-state index contributed by atoms with van der Waals surface area (Å²) in [4.78, 5) is 11.4. The minimum Gasteiger partial charge on any atom is -0.444 e. The SMILES string of the molecule is CC(C)(C)OC(=O)N(C[C@H]1CCCN1)C(F)(F)F. The van der Waals surface area contributed by atoms with Crippen LogP contribution >= 0.6 is 0 Å². The summed E-state index contributed by atoms with van der Waals surface area (Å²) in [5.74, 6) is 0. The Labute approximate surface area is 104 Å². The van der Waals surface area contributed by atoms with Crippen LogP contribution in [0, 0.1) is 0 Å². The van der Waals surface area contributed by atoms with E-state index in [9.17, 15) is 18.0 Å². The lowest BCUT2D eigenvalue weighted by atomic mass is 10.2. The molecule has 0 aromatic rings. The number of nitrogens with one attached hydrogen (secondary N) is 1. The molecule has 0 unspecified atom stereocenters. The zero-order chi connectivity index (χ0) is 14.0. The monoisotopic (exact) mass is 268 g/mol. The molecule has 0 aromatic heterocycles. The third kappa shape index (κ3) is 4.72. The summed E-state index contributed by atoms with van der Waals surface area (Å²) in [5, 5.41) is 2.93. The van der Waals surface area contributed by atoms with Gasteiger partial charge in [-0.1, -0.05) is 0 Å². The van der Waals surface area contributed by atoms with E-state index in [4.69, 9.17) is 4.74 Å². The summed E-state index contributed by atoms with van der Waals surface area (Å²) < 4.78 is 43.2. The van der Waals surface area contributed by atoms with Crippen LogP contribution in [0.15, 0.2) is 0 Å². The molecule has 1 saturated heterocycles. The Morgan fingerprint density at radius 1 is 1.39 bits per heavy atom. The summed E-state index contributed by atoms with van der Waals surface area (Å²) >= 11 is 0. The third-order valence-corrected chi connectivity index (χ3v) is 2.49. The largest absolute Gasteiger partial charge is 0.489 e. The first-order valence-corrected chi connectivity index (χ1v) is 5.90. The Morgan fingerprint density at radius 2 is 2.00 bits per heavy atom. The molecular formula is C11H19F3N2O2. The second-order valence-electron chi connectivity index (χ2n) is 5.35.